The predicted octanol–water partition coefficient (Wildman–Crippen LogP) is 10.8. The molecule has 0 aromatic rings. The van der Waals surface area contributed by atoms with E-state index in [1.807, 2.05) is 0 Å². The Kier molecular flexibility index (Phi) is 29.6. The lowest BCUT2D eigenvalue weighted by atomic mass is 9.56. The largest absolute Gasteiger partial charge is 0.481 e. The van der Waals surface area contributed by atoms with E-state index in [0.717, 1.165) is 19.3 Å². The standard InChI is InChI=1S/C38H76O5/c1-3-4-5-6-7-8-9-10-11-12-13-14-15-16-17-18-19-20-21-22-23-24-25-29-37(2,30-26-33-39)38(36(42)43,31-27-34-40)32-28-35-41/h39-41H,3-35H2,1-2H3,(H,42,43). The highest BCUT2D eigenvalue weighted by molar-refractivity contribution is 5.75. The van der Waals surface area contributed by atoms with Gasteiger partial charge in [-0.3, -0.25) is 4.79 Å². The van der Waals surface area contributed by atoms with Gasteiger partial charge in [-0.25, -0.2) is 0 Å². The van der Waals surface area contributed by atoms with E-state index in [-0.39, 0.29) is 19.8 Å². The zero-order chi connectivity index (χ0) is 31.9. The molecule has 0 heterocycles. The van der Waals surface area contributed by atoms with Crippen molar-refractivity contribution in [2.75, 3.05) is 19.8 Å². The van der Waals surface area contributed by atoms with Gasteiger partial charge in [-0.05, 0) is 50.4 Å². The Labute approximate surface area is 268 Å². The molecule has 0 rings (SSSR count). The number of unbranched alkanes of at least 4 members (excludes halogenated alkanes) is 22. The maximum Gasteiger partial charge on any atom is 0.310 e. The Morgan fingerprint density at radius 1 is 0.419 bits per heavy atom. The van der Waals surface area contributed by atoms with Gasteiger partial charge >= 0.3 is 5.97 Å². The normalized spacial score (nSPS) is 13.4. The number of hydrogen-bond acceptors (Lipinski definition) is 4. The molecule has 5 heteroatoms. The van der Waals surface area contributed by atoms with Gasteiger partial charge in [0.1, 0.15) is 0 Å². The quantitative estimate of drug-likeness (QED) is 0.0534. The smallest absolute Gasteiger partial charge is 0.310 e. The molecule has 1 unspecified atom stereocenters. The fraction of sp³-hybridized carbons (Fsp3) is 0.974. The van der Waals surface area contributed by atoms with Crippen molar-refractivity contribution in [3.63, 3.8) is 0 Å². The zero-order valence-corrected chi connectivity index (χ0v) is 29.0. The molecule has 0 aliphatic carbocycles. The molecule has 0 radical (unpaired) electrons. The Hall–Kier alpha value is -0.650. The molecule has 0 bridgehead atoms. The molecule has 0 aromatic heterocycles. The van der Waals surface area contributed by atoms with Crippen molar-refractivity contribution in [3.05, 3.63) is 0 Å². The maximum absolute atomic E-state index is 12.6. The molecule has 0 saturated heterocycles. The van der Waals surface area contributed by atoms with Crippen LogP contribution in [-0.2, 0) is 4.79 Å². The van der Waals surface area contributed by atoms with Crippen molar-refractivity contribution in [1.29, 1.82) is 0 Å². The van der Waals surface area contributed by atoms with Gasteiger partial charge in [-0.15, -0.1) is 0 Å². The van der Waals surface area contributed by atoms with Crippen LogP contribution in [-0.4, -0.2) is 46.2 Å². The van der Waals surface area contributed by atoms with Crippen LogP contribution >= 0.6 is 0 Å². The minimum atomic E-state index is -0.972. The first-order valence-electron chi connectivity index (χ1n) is 19.0. The van der Waals surface area contributed by atoms with Crippen LogP contribution in [0, 0.1) is 10.8 Å². The zero-order valence-electron chi connectivity index (χ0n) is 29.0. The van der Waals surface area contributed by atoms with Gasteiger partial charge in [0, 0.05) is 19.8 Å². The first-order valence-corrected chi connectivity index (χ1v) is 19.0. The molecule has 43 heavy (non-hydrogen) atoms. The summed E-state index contributed by atoms with van der Waals surface area (Å²) in [6.45, 7) is 4.37. The molecular formula is C38H76O5. The molecule has 0 fully saturated rings. The monoisotopic (exact) mass is 613 g/mol. The SMILES string of the molecule is CCCCCCCCCCCCCCCCCCCCCCCCCC(C)(CCCO)C(CCCO)(CCCO)C(=O)O. The number of aliphatic hydroxyl groups is 3. The second-order valence-electron chi connectivity index (χ2n) is 14.0. The Morgan fingerprint density at radius 3 is 0.953 bits per heavy atom. The summed E-state index contributed by atoms with van der Waals surface area (Å²) >= 11 is 0. The van der Waals surface area contributed by atoms with E-state index in [1.165, 1.54) is 135 Å². The molecule has 0 saturated carbocycles. The summed E-state index contributed by atoms with van der Waals surface area (Å²) in [4.78, 5) is 12.6. The Bertz CT molecular complexity index is 587. The number of carboxylic acid groups (broad SMARTS) is 1. The van der Waals surface area contributed by atoms with Gasteiger partial charge in [0.2, 0.25) is 0 Å². The van der Waals surface area contributed by atoms with Gasteiger partial charge in [-0.2, -0.15) is 0 Å². The Balaban J connectivity index is 3.95. The molecular weight excluding hydrogens is 536 g/mol. The minimum Gasteiger partial charge on any atom is -0.481 e. The summed E-state index contributed by atoms with van der Waals surface area (Å²) in [6.07, 6.45) is 35.1. The van der Waals surface area contributed by atoms with Gasteiger partial charge in [0.05, 0.1) is 5.41 Å². The second-order valence-corrected chi connectivity index (χ2v) is 14.0. The highest BCUT2D eigenvalue weighted by atomic mass is 16.4. The lowest BCUT2D eigenvalue weighted by Gasteiger charge is -2.47. The van der Waals surface area contributed by atoms with Crippen LogP contribution in [0.2, 0.25) is 0 Å². The average Bonchev–Trinajstić information content (AvgIpc) is 3.00. The van der Waals surface area contributed by atoms with Crippen LogP contribution < -0.4 is 0 Å². The van der Waals surface area contributed by atoms with Gasteiger partial charge in [0.25, 0.3) is 0 Å². The Morgan fingerprint density at radius 2 is 0.674 bits per heavy atom. The highest BCUT2D eigenvalue weighted by Crippen LogP contribution is 2.53. The van der Waals surface area contributed by atoms with Crippen molar-refractivity contribution in [3.8, 4) is 0 Å². The average molecular weight is 613 g/mol. The summed E-state index contributed by atoms with van der Waals surface area (Å²) in [6, 6.07) is 0. The number of rotatable bonds is 35. The third-order valence-electron chi connectivity index (χ3n) is 10.3. The van der Waals surface area contributed by atoms with Crippen molar-refractivity contribution in [2.24, 2.45) is 10.8 Å². The van der Waals surface area contributed by atoms with Crippen LogP contribution in [0.1, 0.15) is 206 Å². The third-order valence-corrected chi connectivity index (χ3v) is 10.3. The topological polar surface area (TPSA) is 98.0 Å². The number of hydrogen-bond donors (Lipinski definition) is 4. The third kappa shape index (κ3) is 20.9. The molecule has 0 amide bonds. The number of carbonyl (C=O) groups is 1. The summed E-state index contributed by atoms with van der Waals surface area (Å²) in [5.41, 5.74) is -1.43. The summed E-state index contributed by atoms with van der Waals surface area (Å²) in [7, 11) is 0. The van der Waals surface area contributed by atoms with Crippen molar-refractivity contribution in [1.82, 2.24) is 0 Å². The van der Waals surface area contributed by atoms with E-state index in [2.05, 4.69) is 13.8 Å². The van der Waals surface area contributed by atoms with Crippen molar-refractivity contribution < 1.29 is 25.2 Å². The molecule has 0 aromatic carbocycles. The fourth-order valence-corrected chi connectivity index (χ4v) is 7.34. The molecule has 5 nitrogen and oxygen atoms in total. The van der Waals surface area contributed by atoms with Gasteiger partial charge in [0.15, 0.2) is 0 Å². The molecule has 0 aliphatic heterocycles. The molecule has 0 spiro atoms. The lowest BCUT2D eigenvalue weighted by molar-refractivity contribution is -0.162. The number of carboxylic acids is 1. The lowest BCUT2D eigenvalue weighted by Crippen LogP contribution is -2.47. The van der Waals surface area contributed by atoms with E-state index in [4.69, 9.17) is 0 Å². The maximum atomic E-state index is 12.6. The number of aliphatic carboxylic acids is 1. The highest BCUT2D eigenvalue weighted by Gasteiger charge is 2.51. The van der Waals surface area contributed by atoms with Crippen LogP contribution in [0.5, 0.6) is 0 Å². The predicted molar refractivity (Wildman–Crippen MR) is 184 cm³/mol. The van der Waals surface area contributed by atoms with Crippen LogP contribution in [0.3, 0.4) is 0 Å². The minimum absolute atomic E-state index is 0.0241. The molecule has 1 atom stereocenters. The van der Waals surface area contributed by atoms with Crippen LogP contribution in [0.4, 0.5) is 0 Å². The van der Waals surface area contributed by atoms with E-state index in [9.17, 15) is 25.2 Å². The molecule has 258 valence electrons. The first kappa shape index (κ1) is 42.3. The molecule has 4 N–H and O–H groups in total. The summed E-state index contributed by atoms with van der Waals surface area (Å²) < 4.78 is 0. The van der Waals surface area contributed by atoms with Gasteiger partial charge < -0.3 is 20.4 Å². The fourth-order valence-electron chi connectivity index (χ4n) is 7.34. The van der Waals surface area contributed by atoms with E-state index in [1.54, 1.807) is 0 Å². The van der Waals surface area contributed by atoms with Gasteiger partial charge in [-0.1, -0.05) is 162 Å². The summed E-state index contributed by atoms with van der Waals surface area (Å²) in [5.74, 6) is -0.816. The first-order chi connectivity index (χ1) is 20.9. The van der Waals surface area contributed by atoms with E-state index < -0.39 is 16.8 Å². The number of aliphatic hydroxyl groups excluding tert-OH is 3. The summed E-state index contributed by atoms with van der Waals surface area (Å²) in [5, 5.41) is 38.8. The van der Waals surface area contributed by atoms with E-state index >= 15 is 0 Å². The molecule has 0 aliphatic rings. The van der Waals surface area contributed by atoms with Crippen molar-refractivity contribution in [2.45, 2.75) is 206 Å². The van der Waals surface area contributed by atoms with E-state index in [0.29, 0.717) is 38.5 Å². The second kappa shape index (κ2) is 30.0. The van der Waals surface area contributed by atoms with Crippen molar-refractivity contribution >= 4 is 5.97 Å². The van der Waals surface area contributed by atoms with Crippen LogP contribution in [0.25, 0.3) is 0 Å². The van der Waals surface area contributed by atoms with Crippen LogP contribution in [0.15, 0.2) is 0 Å².